The molecule has 2 aromatic carbocycles. The number of aromatic nitrogens is 1. The lowest BCUT2D eigenvalue weighted by atomic mass is 10.0. The second-order valence-electron chi connectivity index (χ2n) is 5.75. The summed E-state index contributed by atoms with van der Waals surface area (Å²) in [4.78, 5) is 22.6. The van der Waals surface area contributed by atoms with Crippen molar-refractivity contribution in [1.29, 1.82) is 0 Å². The predicted molar refractivity (Wildman–Crippen MR) is 95.3 cm³/mol. The van der Waals surface area contributed by atoms with E-state index in [1.807, 2.05) is 18.4 Å². The fourth-order valence-electron chi connectivity index (χ4n) is 3.09. The maximum atomic E-state index is 14.6. The number of hydrogen-bond acceptors (Lipinski definition) is 3. The van der Waals surface area contributed by atoms with Crippen molar-refractivity contribution in [2.45, 2.75) is 26.8 Å². The van der Waals surface area contributed by atoms with Crippen molar-refractivity contribution in [3.05, 3.63) is 74.3 Å². The van der Waals surface area contributed by atoms with Gasteiger partial charge in [-0.2, -0.15) is 0 Å². The van der Waals surface area contributed by atoms with Crippen LogP contribution in [-0.4, -0.2) is 9.49 Å². The average Bonchev–Trinajstić information content (AvgIpc) is 2.61. The molecule has 5 nitrogen and oxygen atoms in total. The Labute approximate surface area is 143 Å². The first-order chi connectivity index (χ1) is 12.0. The van der Waals surface area contributed by atoms with Crippen molar-refractivity contribution in [2.24, 2.45) is 0 Å². The Morgan fingerprint density at radius 3 is 2.36 bits per heavy atom. The monoisotopic (exact) mass is 340 g/mol. The second-order valence-corrected chi connectivity index (χ2v) is 5.75. The van der Waals surface area contributed by atoms with E-state index in [0.29, 0.717) is 35.0 Å². The normalized spacial score (nSPS) is 11.0. The third-order valence-electron chi connectivity index (χ3n) is 4.35. The van der Waals surface area contributed by atoms with Crippen LogP contribution >= 0.6 is 0 Å². The van der Waals surface area contributed by atoms with Gasteiger partial charge in [-0.05, 0) is 43.2 Å². The van der Waals surface area contributed by atoms with E-state index in [1.165, 1.54) is 30.3 Å². The summed E-state index contributed by atoms with van der Waals surface area (Å²) < 4.78 is 16.6. The average molecular weight is 340 g/mol. The maximum absolute atomic E-state index is 14.6. The fourth-order valence-corrected chi connectivity index (χ4v) is 3.09. The van der Waals surface area contributed by atoms with Gasteiger partial charge in [0.1, 0.15) is 5.82 Å². The minimum Gasteiger partial charge on any atom is -0.345 e. The van der Waals surface area contributed by atoms with Gasteiger partial charge in [-0.1, -0.05) is 6.92 Å². The van der Waals surface area contributed by atoms with Crippen LogP contribution in [0.25, 0.3) is 22.0 Å². The molecular formula is C19H17FN2O3. The summed E-state index contributed by atoms with van der Waals surface area (Å²) in [6, 6.07) is 10.2. The van der Waals surface area contributed by atoms with Crippen molar-refractivity contribution in [3.8, 4) is 11.1 Å². The predicted octanol–water partition coefficient (Wildman–Crippen LogP) is 4.30. The van der Waals surface area contributed by atoms with Crippen LogP contribution in [0.3, 0.4) is 0 Å². The highest BCUT2D eigenvalue weighted by atomic mass is 19.1. The number of nitro benzene ring substituents is 1. The molecule has 0 radical (unpaired) electrons. The number of benzene rings is 2. The fraction of sp³-hybridized carbons (Fsp3) is 0.211. The molecule has 0 saturated heterocycles. The summed E-state index contributed by atoms with van der Waals surface area (Å²) in [6.07, 6.45) is 0.698. The van der Waals surface area contributed by atoms with Crippen molar-refractivity contribution < 1.29 is 9.31 Å². The summed E-state index contributed by atoms with van der Waals surface area (Å²) in [6.45, 7) is 4.59. The highest BCUT2D eigenvalue weighted by Crippen LogP contribution is 2.28. The molecule has 0 unspecified atom stereocenters. The highest BCUT2D eigenvalue weighted by molar-refractivity contribution is 5.85. The molecule has 0 N–H and O–H groups in total. The van der Waals surface area contributed by atoms with Gasteiger partial charge in [0, 0.05) is 41.4 Å². The first-order valence-electron chi connectivity index (χ1n) is 8.07. The molecule has 0 spiro atoms. The Morgan fingerprint density at radius 2 is 1.80 bits per heavy atom. The first kappa shape index (κ1) is 16.8. The van der Waals surface area contributed by atoms with E-state index in [-0.39, 0.29) is 11.1 Å². The van der Waals surface area contributed by atoms with Gasteiger partial charge in [0.2, 0.25) is 0 Å². The number of rotatable bonds is 4. The third kappa shape index (κ3) is 2.91. The van der Waals surface area contributed by atoms with Gasteiger partial charge >= 0.3 is 0 Å². The molecular weight excluding hydrogens is 323 g/mol. The molecule has 0 aliphatic rings. The van der Waals surface area contributed by atoms with Crippen LogP contribution < -0.4 is 5.43 Å². The minimum atomic E-state index is -0.523. The van der Waals surface area contributed by atoms with E-state index in [0.717, 1.165) is 5.69 Å². The summed E-state index contributed by atoms with van der Waals surface area (Å²) in [5.41, 5.74) is 2.15. The Balaban J connectivity index is 2.27. The van der Waals surface area contributed by atoms with Crippen LogP contribution in [0, 0.1) is 15.9 Å². The van der Waals surface area contributed by atoms with Crippen molar-refractivity contribution in [2.75, 3.05) is 0 Å². The lowest BCUT2D eigenvalue weighted by Crippen LogP contribution is -2.13. The van der Waals surface area contributed by atoms with E-state index in [9.17, 15) is 19.3 Å². The maximum Gasteiger partial charge on any atom is 0.269 e. The number of nitrogens with zero attached hydrogens (tertiary/aromatic N) is 2. The van der Waals surface area contributed by atoms with Crippen LogP contribution in [0.15, 0.2) is 47.3 Å². The summed E-state index contributed by atoms with van der Waals surface area (Å²) in [7, 11) is 0. The first-order valence-corrected chi connectivity index (χ1v) is 8.07. The molecule has 1 heterocycles. The Hall–Kier alpha value is -3.02. The molecule has 0 bridgehead atoms. The minimum absolute atomic E-state index is 0.0521. The third-order valence-corrected chi connectivity index (χ3v) is 4.35. The topological polar surface area (TPSA) is 65.1 Å². The molecule has 3 rings (SSSR count). The SMILES string of the molecule is CCc1cc(=O)c2cc(F)c(-c3ccc([N+](=O)[O-])cc3)cc2n1CC. The molecule has 0 aliphatic heterocycles. The van der Waals surface area contributed by atoms with E-state index in [1.54, 1.807) is 12.1 Å². The van der Waals surface area contributed by atoms with Crippen LogP contribution in [0.1, 0.15) is 19.5 Å². The van der Waals surface area contributed by atoms with Crippen molar-refractivity contribution in [3.63, 3.8) is 0 Å². The van der Waals surface area contributed by atoms with Gasteiger partial charge in [-0.25, -0.2) is 4.39 Å². The van der Waals surface area contributed by atoms with Gasteiger partial charge in [0.15, 0.2) is 5.43 Å². The van der Waals surface area contributed by atoms with Gasteiger partial charge in [0.25, 0.3) is 5.69 Å². The molecule has 6 heteroatoms. The van der Waals surface area contributed by atoms with Crippen molar-refractivity contribution >= 4 is 16.6 Å². The highest BCUT2D eigenvalue weighted by Gasteiger charge is 2.14. The number of non-ortho nitro benzene ring substituents is 1. The second kappa shape index (κ2) is 6.47. The van der Waals surface area contributed by atoms with Crippen LogP contribution in [0.2, 0.25) is 0 Å². The summed E-state index contributed by atoms with van der Waals surface area (Å²) in [5.74, 6) is -0.523. The zero-order valence-electron chi connectivity index (χ0n) is 14.0. The van der Waals surface area contributed by atoms with Gasteiger partial charge in [-0.15, -0.1) is 0 Å². The molecule has 0 fully saturated rings. The van der Waals surface area contributed by atoms with E-state index >= 15 is 0 Å². The quantitative estimate of drug-likeness (QED) is 0.525. The number of fused-ring (bicyclic) bond motifs is 1. The van der Waals surface area contributed by atoms with E-state index in [2.05, 4.69) is 0 Å². The smallest absolute Gasteiger partial charge is 0.269 e. The number of pyridine rings is 1. The van der Waals surface area contributed by atoms with Gasteiger partial charge < -0.3 is 4.57 Å². The van der Waals surface area contributed by atoms with E-state index < -0.39 is 10.7 Å². The molecule has 1 aromatic heterocycles. The Bertz CT molecular complexity index is 1020. The number of nitro groups is 1. The molecule has 0 atom stereocenters. The zero-order chi connectivity index (χ0) is 18.1. The zero-order valence-corrected chi connectivity index (χ0v) is 14.0. The number of halogens is 1. The molecule has 0 saturated carbocycles. The molecule has 25 heavy (non-hydrogen) atoms. The van der Waals surface area contributed by atoms with Gasteiger partial charge in [-0.3, -0.25) is 14.9 Å². The molecule has 0 amide bonds. The molecule has 128 valence electrons. The van der Waals surface area contributed by atoms with Crippen LogP contribution in [-0.2, 0) is 13.0 Å². The molecule has 3 aromatic rings. The Kier molecular flexibility index (Phi) is 4.35. The molecule has 0 aliphatic carbocycles. The standard InChI is InChI=1S/C19H17FN2O3/c1-3-13-9-19(23)16-10-17(20)15(11-18(16)21(13)4-2)12-5-7-14(8-6-12)22(24)25/h5-11H,3-4H2,1-2H3. The number of hydrogen-bond donors (Lipinski definition) is 0. The van der Waals surface area contributed by atoms with Crippen molar-refractivity contribution in [1.82, 2.24) is 4.57 Å². The number of aryl methyl sites for hydroxylation is 2. The van der Waals surface area contributed by atoms with Crippen LogP contribution in [0.4, 0.5) is 10.1 Å². The Morgan fingerprint density at radius 1 is 1.12 bits per heavy atom. The lowest BCUT2D eigenvalue weighted by Gasteiger charge is -2.15. The largest absolute Gasteiger partial charge is 0.345 e. The lowest BCUT2D eigenvalue weighted by molar-refractivity contribution is -0.384. The van der Waals surface area contributed by atoms with Crippen LogP contribution in [0.5, 0.6) is 0 Å². The summed E-state index contributed by atoms with van der Waals surface area (Å²) >= 11 is 0. The summed E-state index contributed by atoms with van der Waals surface area (Å²) in [5, 5.41) is 11.1. The van der Waals surface area contributed by atoms with E-state index in [4.69, 9.17) is 0 Å². The van der Waals surface area contributed by atoms with Gasteiger partial charge in [0.05, 0.1) is 10.4 Å².